The minimum Gasteiger partial charge on any atom is -0.447 e. The van der Waals surface area contributed by atoms with E-state index in [4.69, 9.17) is 10.5 Å². The second-order valence-corrected chi connectivity index (χ2v) is 3.71. The highest BCUT2D eigenvalue weighted by molar-refractivity contribution is 7.14. The Morgan fingerprint density at radius 3 is 3.23 bits per heavy atom. The van der Waals surface area contributed by atoms with Gasteiger partial charge in [-0.1, -0.05) is 0 Å². The first-order chi connectivity index (χ1) is 6.33. The van der Waals surface area contributed by atoms with Gasteiger partial charge in [0.1, 0.15) is 11.6 Å². The van der Waals surface area contributed by atoms with Crippen LogP contribution in [0, 0.1) is 0 Å². The van der Waals surface area contributed by atoms with Gasteiger partial charge in [-0.25, -0.2) is 4.79 Å². The molecule has 4 nitrogen and oxygen atoms in total. The molecular formula is C8H10N2O2S. The fourth-order valence-corrected chi connectivity index (χ4v) is 2.10. The zero-order valence-corrected chi connectivity index (χ0v) is 7.79. The van der Waals surface area contributed by atoms with E-state index in [1.54, 1.807) is 4.90 Å². The Hall–Kier alpha value is -1.07. The van der Waals surface area contributed by atoms with Crippen LogP contribution in [0.4, 0.5) is 9.80 Å². The minimum atomic E-state index is -0.294. The standard InChI is InChI=1S/C8H10N2O2S/c9-4-6-5-12-8(11)10(6)7-2-1-3-13-7/h1-3,6H,4-5,9H2. The van der Waals surface area contributed by atoms with Gasteiger partial charge in [0.25, 0.3) is 0 Å². The van der Waals surface area contributed by atoms with Crippen LogP contribution in [-0.4, -0.2) is 25.3 Å². The van der Waals surface area contributed by atoms with Gasteiger partial charge in [-0.05, 0) is 17.5 Å². The predicted octanol–water partition coefficient (Wildman–Crippen LogP) is 1.03. The van der Waals surface area contributed by atoms with Crippen LogP contribution in [0.2, 0.25) is 0 Å². The number of nitrogens with two attached hydrogens (primary N) is 1. The van der Waals surface area contributed by atoms with E-state index < -0.39 is 0 Å². The molecule has 1 unspecified atom stereocenters. The van der Waals surface area contributed by atoms with Crippen LogP contribution in [0.15, 0.2) is 17.5 Å². The van der Waals surface area contributed by atoms with Gasteiger partial charge in [0.05, 0.1) is 6.04 Å². The second-order valence-electron chi connectivity index (χ2n) is 2.79. The summed E-state index contributed by atoms with van der Waals surface area (Å²) in [5.41, 5.74) is 5.52. The molecule has 1 atom stereocenters. The van der Waals surface area contributed by atoms with Crippen molar-refractivity contribution in [3.05, 3.63) is 17.5 Å². The molecule has 1 aromatic heterocycles. The maximum atomic E-state index is 11.3. The van der Waals surface area contributed by atoms with Crippen molar-refractivity contribution in [2.75, 3.05) is 18.1 Å². The number of cyclic esters (lactones) is 1. The number of rotatable bonds is 2. The summed E-state index contributed by atoms with van der Waals surface area (Å²) < 4.78 is 4.91. The lowest BCUT2D eigenvalue weighted by Gasteiger charge is -2.17. The largest absolute Gasteiger partial charge is 0.447 e. The quantitative estimate of drug-likeness (QED) is 0.772. The number of hydrogen-bond acceptors (Lipinski definition) is 4. The molecule has 1 aromatic rings. The first-order valence-electron chi connectivity index (χ1n) is 4.02. The molecule has 0 spiro atoms. The lowest BCUT2D eigenvalue weighted by atomic mass is 10.3. The molecule has 2 N–H and O–H groups in total. The number of carbonyl (C=O) groups is 1. The highest BCUT2D eigenvalue weighted by atomic mass is 32.1. The third-order valence-corrected chi connectivity index (χ3v) is 2.84. The van der Waals surface area contributed by atoms with Crippen molar-refractivity contribution in [3.63, 3.8) is 0 Å². The molecule has 2 heterocycles. The van der Waals surface area contributed by atoms with E-state index in [1.807, 2.05) is 17.5 Å². The number of ether oxygens (including phenoxy) is 1. The Morgan fingerprint density at radius 2 is 2.62 bits per heavy atom. The van der Waals surface area contributed by atoms with Crippen molar-refractivity contribution in [2.24, 2.45) is 5.73 Å². The third-order valence-electron chi connectivity index (χ3n) is 1.98. The number of anilines is 1. The fraction of sp³-hybridized carbons (Fsp3) is 0.375. The molecule has 0 aromatic carbocycles. The van der Waals surface area contributed by atoms with Crippen LogP contribution in [0.1, 0.15) is 0 Å². The maximum Gasteiger partial charge on any atom is 0.415 e. The second kappa shape index (κ2) is 3.35. The summed E-state index contributed by atoms with van der Waals surface area (Å²) in [6.07, 6.45) is -0.294. The molecule has 0 radical (unpaired) electrons. The minimum absolute atomic E-state index is 0.00819. The molecule has 1 aliphatic rings. The number of carbonyl (C=O) groups excluding carboxylic acids is 1. The molecule has 2 rings (SSSR count). The molecule has 1 saturated heterocycles. The topological polar surface area (TPSA) is 55.6 Å². The summed E-state index contributed by atoms with van der Waals surface area (Å²) >= 11 is 1.51. The number of thiophene rings is 1. The summed E-state index contributed by atoms with van der Waals surface area (Å²) in [6.45, 7) is 0.830. The van der Waals surface area contributed by atoms with Crippen LogP contribution < -0.4 is 10.6 Å². The fourth-order valence-electron chi connectivity index (χ4n) is 1.31. The Balaban J connectivity index is 2.25. The number of nitrogens with zero attached hydrogens (tertiary/aromatic N) is 1. The van der Waals surface area contributed by atoms with E-state index in [0.29, 0.717) is 13.2 Å². The van der Waals surface area contributed by atoms with Crippen molar-refractivity contribution < 1.29 is 9.53 Å². The van der Waals surface area contributed by atoms with E-state index in [9.17, 15) is 4.79 Å². The molecular weight excluding hydrogens is 188 g/mol. The van der Waals surface area contributed by atoms with Gasteiger partial charge in [-0.3, -0.25) is 4.90 Å². The molecule has 5 heteroatoms. The van der Waals surface area contributed by atoms with Gasteiger partial charge >= 0.3 is 6.09 Å². The van der Waals surface area contributed by atoms with Crippen molar-refractivity contribution >= 4 is 22.4 Å². The average molecular weight is 198 g/mol. The zero-order valence-electron chi connectivity index (χ0n) is 6.97. The normalized spacial score (nSPS) is 22.1. The smallest absolute Gasteiger partial charge is 0.415 e. The Kier molecular flexibility index (Phi) is 2.20. The van der Waals surface area contributed by atoms with Gasteiger partial charge in [-0.15, -0.1) is 11.3 Å². The first-order valence-corrected chi connectivity index (χ1v) is 4.90. The lowest BCUT2D eigenvalue weighted by Crippen LogP contribution is -2.38. The monoisotopic (exact) mass is 198 g/mol. The zero-order chi connectivity index (χ0) is 9.26. The van der Waals surface area contributed by atoms with Crippen molar-refractivity contribution in [1.29, 1.82) is 0 Å². The van der Waals surface area contributed by atoms with Crippen LogP contribution >= 0.6 is 11.3 Å². The Morgan fingerprint density at radius 1 is 1.77 bits per heavy atom. The summed E-state index contributed by atoms with van der Waals surface area (Å²) in [4.78, 5) is 12.9. The number of hydrogen-bond donors (Lipinski definition) is 1. The van der Waals surface area contributed by atoms with Gasteiger partial charge in [-0.2, -0.15) is 0 Å². The van der Waals surface area contributed by atoms with Gasteiger partial charge in [0, 0.05) is 6.54 Å². The lowest BCUT2D eigenvalue weighted by molar-refractivity contribution is 0.179. The van der Waals surface area contributed by atoms with Gasteiger partial charge in [0.15, 0.2) is 0 Å². The Labute approximate surface area is 79.9 Å². The average Bonchev–Trinajstić information content (AvgIpc) is 2.72. The van der Waals surface area contributed by atoms with E-state index in [2.05, 4.69) is 0 Å². The van der Waals surface area contributed by atoms with Crippen molar-refractivity contribution in [3.8, 4) is 0 Å². The van der Waals surface area contributed by atoms with Crippen LogP contribution in [0.5, 0.6) is 0 Å². The summed E-state index contributed by atoms with van der Waals surface area (Å²) in [5, 5.41) is 2.83. The van der Waals surface area contributed by atoms with Crippen LogP contribution in [0.3, 0.4) is 0 Å². The van der Waals surface area contributed by atoms with Gasteiger partial charge in [0.2, 0.25) is 0 Å². The third kappa shape index (κ3) is 1.40. The predicted molar refractivity (Wildman–Crippen MR) is 51.0 cm³/mol. The van der Waals surface area contributed by atoms with Crippen molar-refractivity contribution in [2.45, 2.75) is 6.04 Å². The molecule has 0 saturated carbocycles. The van der Waals surface area contributed by atoms with Crippen LogP contribution in [0.25, 0.3) is 0 Å². The molecule has 13 heavy (non-hydrogen) atoms. The van der Waals surface area contributed by atoms with E-state index in [-0.39, 0.29) is 12.1 Å². The van der Waals surface area contributed by atoms with Gasteiger partial charge < -0.3 is 10.5 Å². The molecule has 0 bridgehead atoms. The molecule has 1 amide bonds. The maximum absolute atomic E-state index is 11.3. The highest BCUT2D eigenvalue weighted by Gasteiger charge is 2.33. The van der Waals surface area contributed by atoms with Crippen molar-refractivity contribution in [1.82, 2.24) is 0 Å². The van der Waals surface area contributed by atoms with Crippen LogP contribution in [-0.2, 0) is 4.74 Å². The van der Waals surface area contributed by atoms with E-state index >= 15 is 0 Å². The first kappa shape index (κ1) is 8.52. The molecule has 1 aliphatic heterocycles. The summed E-state index contributed by atoms with van der Waals surface area (Å²) in [6, 6.07) is 3.78. The Bertz CT molecular complexity index is 299. The summed E-state index contributed by atoms with van der Waals surface area (Å²) in [5.74, 6) is 0. The molecule has 70 valence electrons. The SMILES string of the molecule is NCC1COC(=O)N1c1cccs1. The molecule has 1 fully saturated rings. The number of amides is 1. The van der Waals surface area contributed by atoms with E-state index in [0.717, 1.165) is 5.00 Å². The molecule has 0 aliphatic carbocycles. The summed E-state index contributed by atoms with van der Waals surface area (Å²) in [7, 11) is 0. The highest BCUT2D eigenvalue weighted by Crippen LogP contribution is 2.27. The van der Waals surface area contributed by atoms with E-state index in [1.165, 1.54) is 11.3 Å².